The maximum absolute atomic E-state index is 13.7. The number of fused-ring (bicyclic) bond motifs is 2. The van der Waals surface area contributed by atoms with Gasteiger partial charge in [0, 0.05) is 28.1 Å². The van der Waals surface area contributed by atoms with E-state index in [1.165, 1.54) is 47.1 Å². The Labute approximate surface area is 331 Å². The number of hydrogen-bond acceptors (Lipinski definition) is 19. The third kappa shape index (κ3) is 8.23. The number of nitrogens with zero attached hydrogens (tertiary/aromatic N) is 7. The molecule has 57 heavy (non-hydrogen) atoms. The van der Waals surface area contributed by atoms with Gasteiger partial charge in [0.2, 0.25) is 11.4 Å². The molecule has 298 valence electrons. The summed E-state index contributed by atoms with van der Waals surface area (Å²) in [6.07, 6.45) is 0. The molecule has 5 amide bonds. The fourth-order valence-electron chi connectivity index (χ4n) is 5.17. The Morgan fingerprint density at radius 2 is 1.84 bits per heavy atom. The summed E-state index contributed by atoms with van der Waals surface area (Å²) in [4.78, 5) is 95.7. The molecule has 1 saturated heterocycles. The molecule has 1 fully saturated rings. The molecule has 5 heterocycles. The number of hydrazine groups is 1. The van der Waals surface area contributed by atoms with Crippen LogP contribution >= 0.6 is 34.9 Å². The molecule has 0 aliphatic carbocycles. The number of nitrogen functional groups attached to an aromatic ring is 1. The maximum Gasteiger partial charge on any atom is 0.352 e. The molecule has 3 aromatic heterocycles. The van der Waals surface area contributed by atoms with Gasteiger partial charge >= 0.3 is 11.9 Å². The van der Waals surface area contributed by atoms with E-state index in [1.807, 2.05) is 0 Å². The molecule has 26 heteroatoms. The number of aromatic nitrogens is 5. The number of carboxylic acids is 1. The van der Waals surface area contributed by atoms with Crippen LogP contribution in [0, 0.1) is 6.92 Å². The Kier molecular flexibility index (Phi) is 11.2. The third-order valence-corrected chi connectivity index (χ3v) is 11.2. The molecule has 0 spiro atoms. The zero-order chi connectivity index (χ0) is 41.3. The minimum Gasteiger partial charge on any atom is -0.504 e. The van der Waals surface area contributed by atoms with Crippen molar-refractivity contribution in [2.45, 2.75) is 42.8 Å². The van der Waals surface area contributed by atoms with Crippen LogP contribution in [0.3, 0.4) is 0 Å². The number of phenolic OH excluding ortho intramolecular Hbond substituents is 2. The number of anilines is 1. The Bertz CT molecular complexity index is 2410. The van der Waals surface area contributed by atoms with Gasteiger partial charge in [-0.25, -0.2) is 20.2 Å². The van der Waals surface area contributed by atoms with Crippen molar-refractivity contribution in [3.63, 3.8) is 0 Å². The van der Waals surface area contributed by atoms with Gasteiger partial charge in [-0.2, -0.15) is 9.50 Å². The quantitative estimate of drug-likeness (QED) is 0.0165. The number of amides is 5. The number of nitrogens with one attached hydrogen (secondary N) is 4. The lowest BCUT2D eigenvalue weighted by Gasteiger charge is -2.49. The van der Waals surface area contributed by atoms with Gasteiger partial charge in [0.05, 0.1) is 0 Å². The van der Waals surface area contributed by atoms with Crippen molar-refractivity contribution in [3.05, 3.63) is 63.7 Å². The number of phenols is 2. The van der Waals surface area contributed by atoms with Gasteiger partial charge < -0.3 is 31.2 Å². The van der Waals surface area contributed by atoms with E-state index in [0.717, 1.165) is 40.1 Å². The molecule has 0 unspecified atom stereocenters. The molecule has 2 aliphatic heterocycles. The topological polar surface area (TPSA) is 338 Å². The number of oxime groups is 1. The smallest absolute Gasteiger partial charge is 0.352 e. The van der Waals surface area contributed by atoms with E-state index in [0.29, 0.717) is 16.3 Å². The Balaban J connectivity index is 1.15. The average molecular weight is 843 g/mol. The lowest BCUT2D eigenvalue weighted by atomic mass is 10.0. The SMILES string of the molecule is Cc1cc(SCC2=C(C(=O)O)N3C(=O)[C@@H](NC(=O)/C(=N\OC(C)(C)C(=O)NNC(=O)c4ccc(O)c(O)c4)c4csc(N)n4)[C@H]3SC2)n2nc(C(=O)NO)nc2n1. The van der Waals surface area contributed by atoms with Crippen LogP contribution in [0.2, 0.25) is 0 Å². The van der Waals surface area contributed by atoms with Gasteiger partial charge in [-0.05, 0) is 50.6 Å². The van der Waals surface area contributed by atoms with Crippen LogP contribution in [0.4, 0.5) is 5.13 Å². The van der Waals surface area contributed by atoms with E-state index in [2.05, 4.69) is 41.4 Å². The first-order chi connectivity index (χ1) is 27.0. The van der Waals surface area contributed by atoms with Crippen LogP contribution in [-0.4, -0.2) is 120 Å². The number of β-lactam (4-membered cyclic amide) rings is 1. The summed E-state index contributed by atoms with van der Waals surface area (Å²) < 4.78 is 1.26. The number of rotatable bonds is 12. The summed E-state index contributed by atoms with van der Waals surface area (Å²) in [7, 11) is 0. The van der Waals surface area contributed by atoms with Crippen LogP contribution in [0.1, 0.15) is 46.2 Å². The zero-order valence-corrected chi connectivity index (χ0v) is 32.0. The van der Waals surface area contributed by atoms with Crippen molar-refractivity contribution in [2.24, 2.45) is 5.16 Å². The van der Waals surface area contributed by atoms with E-state index in [9.17, 15) is 44.1 Å². The third-order valence-electron chi connectivity index (χ3n) is 8.06. The van der Waals surface area contributed by atoms with E-state index >= 15 is 0 Å². The van der Waals surface area contributed by atoms with E-state index in [1.54, 1.807) is 13.0 Å². The summed E-state index contributed by atoms with van der Waals surface area (Å²) >= 11 is 3.32. The molecule has 23 nitrogen and oxygen atoms in total. The molecule has 2 aliphatic rings. The second-order valence-corrected chi connectivity index (χ2v) is 15.4. The summed E-state index contributed by atoms with van der Waals surface area (Å²) in [5.74, 6) is -6.84. The zero-order valence-electron chi connectivity index (χ0n) is 29.5. The second-order valence-electron chi connectivity index (χ2n) is 12.5. The highest BCUT2D eigenvalue weighted by Gasteiger charge is 2.54. The van der Waals surface area contributed by atoms with Gasteiger partial charge in [0.1, 0.15) is 27.8 Å². The van der Waals surface area contributed by atoms with Crippen LogP contribution in [-0.2, 0) is 24.0 Å². The first kappa shape index (κ1) is 40.2. The Morgan fingerprint density at radius 3 is 2.51 bits per heavy atom. The van der Waals surface area contributed by atoms with Crippen LogP contribution in [0.15, 0.2) is 51.1 Å². The molecule has 0 saturated carbocycles. The van der Waals surface area contributed by atoms with Gasteiger partial charge in [0.15, 0.2) is 22.3 Å². The fourth-order valence-corrected chi connectivity index (χ4v) is 8.25. The van der Waals surface area contributed by atoms with Gasteiger partial charge in [-0.3, -0.25) is 44.9 Å². The van der Waals surface area contributed by atoms with Gasteiger partial charge in [0.25, 0.3) is 29.4 Å². The highest BCUT2D eigenvalue weighted by atomic mass is 32.2. The van der Waals surface area contributed by atoms with Crippen molar-refractivity contribution in [1.29, 1.82) is 0 Å². The van der Waals surface area contributed by atoms with E-state index < -0.39 is 69.7 Å². The van der Waals surface area contributed by atoms with E-state index in [-0.39, 0.29) is 45.2 Å². The number of hydroxylamine groups is 1. The summed E-state index contributed by atoms with van der Waals surface area (Å²) in [5, 5.41) is 49.8. The first-order valence-corrected chi connectivity index (χ1v) is 19.0. The molecule has 6 rings (SSSR count). The number of carbonyl (C=O) groups excluding carboxylic acids is 5. The minimum atomic E-state index is -1.83. The molecular formula is C31H30N12O11S3. The highest BCUT2D eigenvalue weighted by molar-refractivity contribution is 8.01. The number of benzene rings is 1. The lowest BCUT2D eigenvalue weighted by molar-refractivity contribution is -0.150. The van der Waals surface area contributed by atoms with Crippen molar-refractivity contribution in [1.82, 2.24) is 51.1 Å². The maximum atomic E-state index is 13.7. The van der Waals surface area contributed by atoms with E-state index in [4.69, 9.17) is 15.8 Å². The normalized spacial score (nSPS) is 16.7. The van der Waals surface area contributed by atoms with Crippen LogP contribution in [0.25, 0.3) is 5.78 Å². The predicted molar refractivity (Wildman–Crippen MR) is 199 cm³/mol. The standard InChI is InChI=1S/C31H30N12O11S3/c1-11-6-17(43-30(33-11)36-21(39-43)24(48)40-53)55-8-13-9-56-26-19(25(49)42(26)20(13)27(50)51)35-23(47)18(14-10-57-29(32)34-14)41-54-31(2,3)28(52)38-37-22(46)12-4-5-15(44)16(45)7-12/h4-7,10,19,26,44-45,53H,8-9H2,1-3H3,(H2,32,34)(H,35,47)(H,37,46)(H,38,52)(H,40,48)(H,50,51)/b41-18-/t19-,26-/m1/s1. The molecular weight excluding hydrogens is 813 g/mol. The van der Waals surface area contributed by atoms with Crippen molar-refractivity contribution < 1.29 is 54.1 Å². The number of nitrogens with two attached hydrogens (primary N) is 1. The number of hydrogen-bond donors (Lipinski definition) is 9. The molecule has 10 N–H and O–H groups in total. The molecule has 4 aromatic rings. The average Bonchev–Trinajstić information content (AvgIpc) is 3.81. The summed E-state index contributed by atoms with van der Waals surface area (Å²) in [6, 6.07) is 3.69. The number of aromatic hydroxyl groups is 2. The van der Waals surface area contributed by atoms with Gasteiger partial charge in [-0.15, -0.1) is 40.0 Å². The lowest BCUT2D eigenvalue weighted by Crippen LogP contribution is -2.71. The number of carbonyl (C=O) groups is 6. The molecule has 0 radical (unpaired) electrons. The van der Waals surface area contributed by atoms with Crippen molar-refractivity contribution in [2.75, 3.05) is 17.2 Å². The Hall–Kier alpha value is -6.51. The van der Waals surface area contributed by atoms with Crippen LogP contribution in [0.5, 0.6) is 11.5 Å². The monoisotopic (exact) mass is 842 g/mol. The predicted octanol–water partition coefficient (Wildman–Crippen LogP) is -0.507. The second kappa shape index (κ2) is 15.9. The number of aryl methyl sites for hydroxylation is 1. The largest absolute Gasteiger partial charge is 0.504 e. The first-order valence-electron chi connectivity index (χ1n) is 16.1. The number of thiazole rings is 1. The summed E-state index contributed by atoms with van der Waals surface area (Å²) in [6.45, 7) is 4.23. The number of carboxylic acid groups (broad SMARTS) is 1. The molecule has 0 bridgehead atoms. The highest BCUT2D eigenvalue weighted by Crippen LogP contribution is 2.41. The van der Waals surface area contributed by atoms with Crippen LogP contribution < -0.4 is 27.4 Å². The number of thioether (sulfide) groups is 2. The summed E-state index contributed by atoms with van der Waals surface area (Å²) in [5.41, 5.74) is 9.68. The van der Waals surface area contributed by atoms with Crippen molar-refractivity contribution in [3.8, 4) is 11.5 Å². The molecule has 2 atom stereocenters. The minimum absolute atomic E-state index is 0.0587. The fraction of sp³-hybridized carbons (Fsp3) is 0.258. The van der Waals surface area contributed by atoms with Gasteiger partial charge in [-0.1, -0.05) is 5.16 Å². The number of aliphatic carboxylic acids is 1. The molecule has 1 aromatic carbocycles. The van der Waals surface area contributed by atoms with Crippen molar-refractivity contribution >= 4 is 87.0 Å². The Morgan fingerprint density at radius 1 is 1.09 bits per heavy atom.